The van der Waals surface area contributed by atoms with Crippen molar-refractivity contribution in [3.63, 3.8) is 0 Å². The Labute approximate surface area is 114 Å². The van der Waals surface area contributed by atoms with Crippen molar-refractivity contribution >= 4 is 23.4 Å². The molecule has 1 aromatic carbocycles. The lowest BCUT2D eigenvalue weighted by atomic mass is 10.0. The van der Waals surface area contributed by atoms with Crippen molar-refractivity contribution in [3.8, 4) is 0 Å². The summed E-state index contributed by atoms with van der Waals surface area (Å²) in [5.41, 5.74) is 6.73. The van der Waals surface area contributed by atoms with Gasteiger partial charge in [0.25, 0.3) is 0 Å². The van der Waals surface area contributed by atoms with Crippen molar-refractivity contribution in [3.05, 3.63) is 24.3 Å². The number of benzene rings is 1. The number of amides is 1. The molecule has 100 valence electrons. The van der Waals surface area contributed by atoms with E-state index in [1.54, 1.807) is 11.8 Å². The van der Waals surface area contributed by atoms with Gasteiger partial charge in [-0.3, -0.25) is 4.79 Å². The third kappa shape index (κ3) is 4.70. The number of carbonyl (C=O) groups is 1. The predicted molar refractivity (Wildman–Crippen MR) is 78.9 cm³/mol. The Hall–Kier alpha value is -1.00. The zero-order valence-electron chi connectivity index (χ0n) is 11.3. The van der Waals surface area contributed by atoms with Gasteiger partial charge in [0, 0.05) is 4.90 Å². The Morgan fingerprint density at radius 3 is 2.67 bits per heavy atom. The summed E-state index contributed by atoms with van der Waals surface area (Å²) in [5.74, 6) is 1.30. The lowest BCUT2D eigenvalue weighted by molar-refractivity contribution is -0.117. The zero-order chi connectivity index (χ0) is 13.5. The van der Waals surface area contributed by atoms with Gasteiger partial charge in [-0.05, 0) is 30.2 Å². The van der Waals surface area contributed by atoms with Crippen LogP contribution in [0, 0.1) is 5.92 Å². The summed E-state index contributed by atoms with van der Waals surface area (Å²) in [6, 6.07) is 7.38. The number of nitrogens with two attached hydrogens (primary N) is 1. The Bertz CT molecular complexity index is 393. The first-order valence-corrected chi connectivity index (χ1v) is 7.31. The highest BCUT2D eigenvalue weighted by Gasteiger charge is 2.16. The number of anilines is 1. The molecule has 0 saturated heterocycles. The molecule has 1 atom stereocenters. The molecular weight excluding hydrogens is 244 g/mol. The van der Waals surface area contributed by atoms with Crippen molar-refractivity contribution in [2.75, 3.05) is 11.1 Å². The van der Waals surface area contributed by atoms with Crippen molar-refractivity contribution in [1.82, 2.24) is 0 Å². The molecule has 0 saturated carbocycles. The first-order valence-electron chi connectivity index (χ1n) is 6.32. The number of nitrogens with one attached hydrogen (secondary N) is 1. The van der Waals surface area contributed by atoms with E-state index in [9.17, 15) is 4.79 Å². The van der Waals surface area contributed by atoms with Crippen LogP contribution in [-0.2, 0) is 4.79 Å². The fourth-order valence-corrected chi connectivity index (χ4v) is 2.45. The molecule has 1 amide bonds. The number of para-hydroxylation sites is 1. The van der Waals surface area contributed by atoms with Crippen LogP contribution in [0.4, 0.5) is 5.69 Å². The van der Waals surface area contributed by atoms with E-state index in [1.165, 1.54) is 0 Å². The molecule has 0 aliphatic carbocycles. The maximum atomic E-state index is 12.0. The molecule has 3 nitrogen and oxygen atoms in total. The molecule has 0 heterocycles. The van der Waals surface area contributed by atoms with E-state index in [1.807, 2.05) is 24.3 Å². The Morgan fingerprint density at radius 1 is 1.39 bits per heavy atom. The fraction of sp³-hybridized carbons (Fsp3) is 0.500. The zero-order valence-corrected chi connectivity index (χ0v) is 12.1. The maximum Gasteiger partial charge on any atom is 0.241 e. The molecule has 0 radical (unpaired) electrons. The SMILES string of the molecule is CCSc1ccccc1NC(=O)[C@@H](N)CC(C)C. The van der Waals surface area contributed by atoms with Crippen LogP contribution in [0.3, 0.4) is 0 Å². The topological polar surface area (TPSA) is 55.1 Å². The molecule has 18 heavy (non-hydrogen) atoms. The summed E-state index contributed by atoms with van der Waals surface area (Å²) in [7, 11) is 0. The number of carbonyl (C=O) groups excluding carboxylic acids is 1. The molecule has 0 aromatic heterocycles. The highest BCUT2D eigenvalue weighted by molar-refractivity contribution is 7.99. The standard InChI is InChI=1S/C14H22N2OS/c1-4-18-13-8-6-5-7-12(13)16-14(17)11(15)9-10(2)3/h5-8,10-11H,4,9,15H2,1-3H3,(H,16,17)/t11-/m0/s1. The predicted octanol–water partition coefficient (Wildman–Crippen LogP) is 3.11. The van der Waals surface area contributed by atoms with Crippen LogP contribution in [0.25, 0.3) is 0 Å². The van der Waals surface area contributed by atoms with Crippen molar-refractivity contribution in [2.24, 2.45) is 11.7 Å². The van der Waals surface area contributed by atoms with Gasteiger partial charge in [-0.15, -0.1) is 11.8 Å². The Balaban J connectivity index is 2.69. The number of hydrogen-bond acceptors (Lipinski definition) is 3. The van der Waals surface area contributed by atoms with E-state index in [2.05, 4.69) is 26.1 Å². The molecule has 1 rings (SSSR count). The minimum absolute atomic E-state index is 0.104. The summed E-state index contributed by atoms with van der Waals surface area (Å²) in [4.78, 5) is 13.0. The van der Waals surface area contributed by atoms with Crippen LogP contribution in [0.5, 0.6) is 0 Å². The molecule has 0 aliphatic rings. The van der Waals surface area contributed by atoms with Gasteiger partial charge in [0.15, 0.2) is 0 Å². The van der Waals surface area contributed by atoms with Crippen LogP contribution >= 0.6 is 11.8 Å². The normalized spacial score (nSPS) is 12.5. The van der Waals surface area contributed by atoms with Crippen molar-refractivity contribution in [2.45, 2.75) is 38.1 Å². The first kappa shape index (κ1) is 15.1. The smallest absolute Gasteiger partial charge is 0.241 e. The first-order chi connectivity index (χ1) is 8.54. The number of hydrogen-bond donors (Lipinski definition) is 2. The van der Waals surface area contributed by atoms with Crippen LogP contribution in [-0.4, -0.2) is 17.7 Å². The van der Waals surface area contributed by atoms with Crippen LogP contribution in [0.2, 0.25) is 0 Å². The fourth-order valence-electron chi connectivity index (χ4n) is 1.69. The molecule has 0 bridgehead atoms. The van der Waals surface area contributed by atoms with Gasteiger partial charge in [-0.25, -0.2) is 0 Å². The number of thioether (sulfide) groups is 1. The van der Waals surface area contributed by atoms with E-state index in [-0.39, 0.29) is 5.91 Å². The second-order valence-electron chi connectivity index (χ2n) is 4.65. The molecule has 3 N–H and O–H groups in total. The molecule has 4 heteroatoms. The van der Waals surface area contributed by atoms with Gasteiger partial charge in [0.05, 0.1) is 11.7 Å². The van der Waals surface area contributed by atoms with Gasteiger partial charge < -0.3 is 11.1 Å². The van der Waals surface area contributed by atoms with Crippen LogP contribution < -0.4 is 11.1 Å². The molecule has 0 spiro atoms. The van der Waals surface area contributed by atoms with Crippen molar-refractivity contribution in [1.29, 1.82) is 0 Å². The average molecular weight is 266 g/mol. The molecule has 0 aliphatic heterocycles. The summed E-state index contributed by atoms with van der Waals surface area (Å²) < 4.78 is 0. The lowest BCUT2D eigenvalue weighted by Crippen LogP contribution is -2.36. The van der Waals surface area contributed by atoms with Gasteiger partial charge >= 0.3 is 0 Å². The lowest BCUT2D eigenvalue weighted by Gasteiger charge is -2.15. The monoisotopic (exact) mass is 266 g/mol. The van der Waals surface area contributed by atoms with Crippen molar-refractivity contribution < 1.29 is 4.79 Å². The van der Waals surface area contributed by atoms with Crippen LogP contribution in [0.15, 0.2) is 29.2 Å². The Kier molecular flexibility index (Phi) is 6.22. The van der Waals surface area contributed by atoms with E-state index in [0.717, 1.165) is 16.3 Å². The van der Waals surface area contributed by atoms with Gasteiger partial charge in [0.1, 0.15) is 0 Å². The van der Waals surface area contributed by atoms with Crippen LogP contribution in [0.1, 0.15) is 27.2 Å². The summed E-state index contributed by atoms with van der Waals surface area (Å²) in [5, 5.41) is 2.92. The van der Waals surface area contributed by atoms with E-state index < -0.39 is 6.04 Å². The highest BCUT2D eigenvalue weighted by Crippen LogP contribution is 2.26. The second kappa shape index (κ2) is 7.44. The minimum atomic E-state index is -0.440. The summed E-state index contributed by atoms with van der Waals surface area (Å²) >= 11 is 1.71. The average Bonchev–Trinajstić information content (AvgIpc) is 2.31. The van der Waals surface area contributed by atoms with Gasteiger partial charge in [-0.2, -0.15) is 0 Å². The summed E-state index contributed by atoms with van der Waals surface area (Å²) in [6.45, 7) is 6.22. The summed E-state index contributed by atoms with van der Waals surface area (Å²) in [6.07, 6.45) is 0.703. The Morgan fingerprint density at radius 2 is 2.06 bits per heavy atom. The molecule has 0 unspecified atom stereocenters. The molecule has 1 aromatic rings. The third-order valence-electron chi connectivity index (χ3n) is 2.51. The third-order valence-corrected chi connectivity index (χ3v) is 3.46. The van der Waals surface area contributed by atoms with Gasteiger partial charge in [-0.1, -0.05) is 32.9 Å². The minimum Gasteiger partial charge on any atom is -0.324 e. The van der Waals surface area contributed by atoms with E-state index in [4.69, 9.17) is 5.73 Å². The largest absolute Gasteiger partial charge is 0.324 e. The maximum absolute atomic E-state index is 12.0. The quantitative estimate of drug-likeness (QED) is 0.778. The van der Waals surface area contributed by atoms with E-state index in [0.29, 0.717) is 12.3 Å². The van der Waals surface area contributed by atoms with E-state index >= 15 is 0 Å². The highest BCUT2D eigenvalue weighted by atomic mass is 32.2. The second-order valence-corrected chi connectivity index (χ2v) is 5.96. The van der Waals surface area contributed by atoms with Gasteiger partial charge in [0.2, 0.25) is 5.91 Å². The molecule has 0 fully saturated rings. The molecular formula is C14H22N2OS. The number of rotatable bonds is 6.